The predicted molar refractivity (Wildman–Crippen MR) is 112 cm³/mol. The number of carbonyl (C=O) groups is 2. The number of aliphatic carboxylic acids is 1. The van der Waals surface area contributed by atoms with E-state index in [1.165, 1.54) is 0 Å². The fraction of sp³-hybridized carbons (Fsp3) is 0.579. The van der Waals surface area contributed by atoms with E-state index in [1.54, 1.807) is 12.1 Å². The molecule has 1 amide bonds. The standard InChI is InChI=1S/C19H28ClN3O4.ClH/c1-2-23(14-19(25)26)16-6-9-22(10-7-16)13-18(24)21-8-11-27-17-5-3-4-15(20)12-17;/h3-5,12,16H,2,6-11,13-14H2,1H3,(H,21,24)(H,25,26);1H. The van der Waals surface area contributed by atoms with Gasteiger partial charge in [-0.15, -0.1) is 12.4 Å². The van der Waals surface area contributed by atoms with Crippen molar-refractivity contribution >= 4 is 35.9 Å². The van der Waals surface area contributed by atoms with Gasteiger partial charge in [0.05, 0.1) is 19.6 Å². The summed E-state index contributed by atoms with van der Waals surface area (Å²) in [5.74, 6) is -0.139. The summed E-state index contributed by atoms with van der Waals surface area (Å²) < 4.78 is 5.55. The Labute approximate surface area is 177 Å². The summed E-state index contributed by atoms with van der Waals surface area (Å²) in [6, 6.07) is 7.42. The largest absolute Gasteiger partial charge is 0.492 e. The van der Waals surface area contributed by atoms with Crippen molar-refractivity contribution in [3.8, 4) is 5.75 Å². The zero-order chi connectivity index (χ0) is 19.6. The van der Waals surface area contributed by atoms with Gasteiger partial charge in [0.1, 0.15) is 12.4 Å². The third kappa shape index (κ3) is 8.65. The number of nitrogens with zero attached hydrogens (tertiary/aromatic N) is 2. The number of carboxylic acid groups (broad SMARTS) is 1. The maximum absolute atomic E-state index is 12.1. The zero-order valence-corrected chi connectivity index (χ0v) is 17.7. The van der Waals surface area contributed by atoms with E-state index < -0.39 is 5.97 Å². The van der Waals surface area contributed by atoms with Gasteiger partial charge in [0.25, 0.3) is 0 Å². The highest BCUT2D eigenvalue weighted by Gasteiger charge is 2.25. The summed E-state index contributed by atoms with van der Waals surface area (Å²) in [5, 5.41) is 12.5. The molecule has 1 fully saturated rings. The van der Waals surface area contributed by atoms with Crippen molar-refractivity contribution in [2.24, 2.45) is 0 Å². The van der Waals surface area contributed by atoms with Crippen LogP contribution in [0, 0.1) is 0 Å². The minimum absolute atomic E-state index is 0. The van der Waals surface area contributed by atoms with Crippen LogP contribution in [0.3, 0.4) is 0 Å². The number of piperidine rings is 1. The van der Waals surface area contributed by atoms with Gasteiger partial charge in [-0.2, -0.15) is 0 Å². The topological polar surface area (TPSA) is 82.1 Å². The number of rotatable bonds is 10. The van der Waals surface area contributed by atoms with Gasteiger partial charge in [0, 0.05) is 24.2 Å². The fourth-order valence-electron chi connectivity index (χ4n) is 3.29. The number of carboxylic acids is 1. The summed E-state index contributed by atoms with van der Waals surface area (Å²) in [6.07, 6.45) is 1.76. The van der Waals surface area contributed by atoms with Crippen molar-refractivity contribution in [3.63, 3.8) is 0 Å². The number of ether oxygens (including phenoxy) is 1. The molecule has 9 heteroatoms. The summed E-state index contributed by atoms with van der Waals surface area (Å²) >= 11 is 5.89. The molecular formula is C19H29Cl2N3O4. The van der Waals surface area contributed by atoms with Gasteiger partial charge in [-0.25, -0.2) is 0 Å². The van der Waals surface area contributed by atoms with E-state index in [2.05, 4.69) is 10.2 Å². The van der Waals surface area contributed by atoms with E-state index in [4.69, 9.17) is 21.4 Å². The molecule has 0 spiro atoms. The third-order valence-corrected chi connectivity index (χ3v) is 4.91. The molecule has 1 aliphatic heterocycles. The molecule has 0 aromatic heterocycles. The average Bonchev–Trinajstić information content (AvgIpc) is 2.64. The molecule has 0 radical (unpaired) electrons. The molecule has 0 saturated carbocycles. The number of hydrogen-bond acceptors (Lipinski definition) is 5. The van der Waals surface area contributed by atoms with Gasteiger partial charge in [0.2, 0.25) is 5.91 Å². The Morgan fingerprint density at radius 2 is 2.07 bits per heavy atom. The third-order valence-electron chi connectivity index (χ3n) is 4.67. The Kier molecular flexibility index (Phi) is 11.2. The van der Waals surface area contributed by atoms with Crippen LogP contribution in [0.5, 0.6) is 5.75 Å². The highest BCUT2D eigenvalue weighted by Crippen LogP contribution is 2.17. The Bertz CT molecular complexity index is 625. The van der Waals surface area contributed by atoms with Crippen molar-refractivity contribution in [1.29, 1.82) is 0 Å². The van der Waals surface area contributed by atoms with Crippen LogP contribution < -0.4 is 10.1 Å². The van der Waals surface area contributed by atoms with Gasteiger partial charge in [-0.3, -0.25) is 19.4 Å². The normalized spacial score (nSPS) is 15.1. The molecule has 0 unspecified atom stereocenters. The second-order valence-electron chi connectivity index (χ2n) is 6.62. The van der Waals surface area contributed by atoms with E-state index in [1.807, 2.05) is 24.0 Å². The van der Waals surface area contributed by atoms with Gasteiger partial charge in [-0.05, 0) is 37.6 Å². The molecule has 1 saturated heterocycles. The lowest BCUT2D eigenvalue weighted by Crippen LogP contribution is -2.48. The van der Waals surface area contributed by atoms with E-state index >= 15 is 0 Å². The van der Waals surface area contributed by atoms with Crippen LogP contribution in [0.25, 0.3) is 0 Å². The predicted octanol–water partition coefficient (Wildman–Crippen LogP) is 2.13. The Morgan fingerprint density at radius 1 is 1.36 bits per heavy atom. The fourth-order valence-corrected chi connectivity index (χ4v) is 3.47. The van der Waals surface area contributed by atoms with E-state index in [9.17, 15) is 9.59 Å². The number of carbonyl (C=O) groups excluding carboxylic acids is 1. The highest BCUT2D eigenvalue weighted by atomic mass is 35.5. The van der Waals surface area contributed by atoms with Crippen molar-refractivity contribution in [2.75, 3.05) is 45.9 Å². The lowest BCUT2D eigenvalue weighted by Gasteiger charge is -2.37. The number of benzene rings is 1. The molecule has 1 aromatic rings. The van der Waals surface area contributed by atoms with Crippen LogP contribution in [0.2, 0.25) is 5.02 Å². The molecule has 1 heterocycles. The van der Waals surface area contributed by atoms with E-state index in [0.717, 1.165) is 32.5 Å². The van der Waals surface area contributed by atoms with Gasteiger partial charge >= 0.3 is 5.97 Å². The molecule has 0 bridgehead atoms. The SMILES string of the molecule is CCN(CC(=O)O)C1CCN(CC(=O)NCCOc2cccc(Cl)c2)CC1.Cl. The van der Waals surface area contributed by atoms with Crippen LogP contribution in [0.1, 0.15) is 19.8 Å². The van der Waals surface area contributed by atoms with Gasteiger partial charge < -0.3 is 15.2 Å². The first kappa shape index (κ1) is 24.5. The van der Waals surface area contributed by atoms with E-state index in [0.29, 0.717) is 30.5 Å². The molecule has 28 heavy (non-hydrogen) atoms. The van der Waals surface area contributed by atoms with Crippen molar-refractivity contribution < 1.29 is 19.4 Å². The molecule has 2 rings (SSSR count). The molecular weight excluding hydrogens is 405 g/mol. The first-order valence-electron chi connectivity index (χ1n) is 9.31. The molecule has 2 N–H and O–H groups in total. The summed E-state index contributed by atoms with van der Waals surface area (Å²) in [5.41, 5.74) is 0. The van der Waals surface area contributed by atoms with Crippen molar-refractivity contribution in [2.45, 2.75) is 25.8 Å². The highest BCUT2D eigenvalue weighted by molar-refractivity contribution is 6.30. The first-order valence-corrected chi connectivity index (χ1v) is 9.69. The summed E-state index contributed by atoms with van der Waals surface area (Å²) in [6.45, 7) is 5.56. The van der Waals surface area contributed by atoms with Crippen LogP contribution >= 0.6 is 24.0 Å². The van der Waals surface area contributed by atoms with Crippen molar-refractivity contribution in [1.82, 2.24) is 15.1 Å². The number of likely N-dealkylation sites (N-methyl/N-ethyl adjacent to an activating group) is 1. The van der Waals surface area contributed by atoms with Crippen LogP contribution in [-0.2, 0) is 9.59 Å². The number of hydrogen-bond donors (Lipinski definition) is 2. The molecule has 0 aliphatic carbocycles. The summed E-state index contributed by atoms with van der Waals surface area (Å²) in [7, 11) is 0. The zero-order valence-electron chi connectivity index (χ0n) is 16.1. The first-order chi connectivity index (χ1) is 13.0. The average molecular weight is 434 g/mol. The van der Waals surface area contributed by atoms with E-state index in [-0.39, 0.29) is 30.9 Å². The molecule has 1 aliphatic rings. The lowest BCUT2D eigenvalue weighted by molar-refractivity contribution is -0.139. The number of nitrogens with one attached hydrogen (secondary N) is 1. The minimum Gasteiger partial charge on any atom is -0.492 e. The molecule has 158 valence electrons. The number of halogens is 2. The molecule has 7 nitrogen and oxygen atoms in total. The molecule has 1 aromatic carbocycles. The monoisotopic (exact) mass is 433 g/mol. The number of likely N-dealkylation sites (tertiary alicyclic amines) is 1. The quantitative estimate of drug-likeness (QED) is 0.550. The van der Waals surface area contributed by atoms with Crippen LogP contribution in [0.15, 0.2) is 24.3 Å². The van der Waals surface area contributed by atoms with Crippen LogP contribution in [0.4, 0.5) is 0 Å². The summed E-state index contributed by atoms with van der Waals surface area (Å²) in [4.78, 5) is 27.1. The Hall–Kier alpha value is -1.54. The lowest BCUT2D eigenvalue weighted by atomic mass is 10.0. The van der Waals surface area contributed by atoms with Gasteiger partial charge in [0.15, 0.2) is 0 Å². The van der Waals surface area contributed by atoms with Crippen molar-refractivity contribution in [3.05, 3.63) is 29.3 Å². The Morgan fingerprint density at radius 3 is 2.68 bits per heavy atom. The van der Waals surface area contributed by atoms with Gasteiger partial charge in [-0.1, -0.05) is 24.6 Å². The smallest absolute Gasteiger partial charge is 0.317 e. The maximum atomic E-state index is 12.1. The minimum atomic E-state index is -0.793. The second kappa shape index (κ2) is 12.8. The van der Waals surface area contributed by atoms with Crippen LogP contribution in [-0.4, -0.2) is 78.7 Å². The second-order valence-corrected chi connectivity index (χ2v) is 7.06. The Balaban J connectivity index is 0.00000392. The number of amides is 1. The maximum Gasteiger partial charge on any atom is 0.317 e. The molecule has 0 atom stereocenters.